The van der Waals surface area contributed by atoms with Crippen molar-refractivity contribution in [3.05, 3.63) is 125 Å². The molecule has 6 rings (SSSR count). The van der Waals surface area contributed by atoms with Crippen molar-refractivity contribution < 1.29 is 32.3 Å². The molecule has 0 aromatic heterocycles. The Bertz CT molecular complexity index is 1870. The summed E-state index contributed by atoms with van der Waals surface area (Å²) in [6.45, 7) is 14.7. The Kier molecular flexibility index (Phi) is 14.0. The number of benzene rings is 3. The van der Waals surface area contributed by atoms with Gasteiger partial charge in [-0.2, -0.15) is 13.2 Å². The topological polar surface area (TPSA) is 133 Å². The predicted octanol–water partition coefficient (Wildman–Crippen LogP) is 4.89. The minimum Gasteiger partial charge on any atom is -0.402 e. The van der Waals surface area contributed by atoms with Crippen LogP contribution in [-0.2, 0) is 27.0 Å². The van der Waals surface area contributed by atoms with Gasteiger partial charge in [-0.15, -0.1) is 0 Å². The summed E-state index contributed by atoms with van der Waals surface area (Å²) < 4.78 is 44.2. The van der Waals surface area contributed by atoms with Gasteiger partial charge in [0.05, 0.1) is 30.5 Å². The van der Waals surface area contributed by atoms with Gasteiger partial charge in [0.1, 0.15) is 11.9 Å². The van der Waals surface area contributed by atoms with Crippen LogP contribution in [0.3, 0.4) is 0 Å². The van der Waals surface area contributed by atoms with Crippen molar-refractivity contribution in [1.29, 1.82) is 0 Å². The number of likely N-dealkylation sites (N-methyl/N-ethyl adjacent to an activating group) is 1. The van der Waals surface area contributed by atoms with E-state index in [9.17, 15) is 27.6 Å². The van der Waals surface area contributed by atoms with Crippen LogP contribution in [0, 0.1) is 0 Å². The number of rotatable bonds is 10. The van der Waals surface area contributed by atoms with E-state index in [4.69, 9.17) is 10.5 Å². The van der Waals surface area contributed by atoms with Gasteiger partial charge in [-0.1, -0.05) is 61.2 Å². The summed E-state index contributed by atoms with van der Waals surface area (Å²) in [7, 11) is 0. The molecule has 11 nitrogen and oxygen atoms in total. The third kappa shape index (κ3) is 11.1. The summed E-state index contributed by atoms with van der Waals surface area (Å²) in [5.74, 6) is -0.840. The molecule has 1 atom stereocenters. The van der Waals surface area contributed by atoms with Crippen LogP contribution in [0.25, 0.3) is 0 Å². The van der Waals surface area contributed by atoms with Crippen LogP contribution in [0.15, 0.2) is 113 Å². The number of para-hydroxylation sites is 1. The second-order valence-electron chi connectivity index (χ2n) is 13.6. The summed E-state index contributed by atoms with van der Waals surface area (Å²) in [6.07, 6.45) is -4.50. The minimum absolute atomic E-state index is 0.0522. The van der Waals surface area contributed by atoms with Crippen LogP contribution in [-0.4, -0.2) is 103 Å². The third-order valence-corrected chi connectivity index (χ3v) is 9.61. The highest BCUT2D eigenvalue weighted by Gasteiger charge is 2.38. The van der Waals surface area contributed by atoms with E-state index in [1.165, 1.54) is 11.0 Å². The second kappa shape index (κ2) is 18.8. The first kappa shape index (κ1) is 40.9. The predicted molar refractivity (Wildman–Crippen MR) is 205 cm³/mol. The lowest BCUT2D eigenvalue weighted by Crippen LogP contribution is -2.56. The van der Waals surface area contributed by atoms with Crippen LogP contribution in [0.5, 0.6) is 0 Å². The van der Waals surface area contributed by atoms with Crippen molar-refractivity contribution in [3.63, 3.8) is 0 Å². The van der Waals surface area contributed by atoms with E-state index in [1.807, 2.05) is 48.5 Å². The Morgan fingerprint density at radius 2 is 1.62 bits per heavy atom. The van der Waals surface area contributed by atoms with Gasteiger partial charge in [-0.25, -0.2) is 4.99 Å². The number of likely N-dealkylation sites (tertiary alicyclic amines) is 1. The Labute approximate surface area is 319 Å². The van der Waals surface area contributed by atoms with E-state index < -0.39 is 29.6 Å². The van der Waals surface area contributed by atoms with E-state index in [0.29, 0.717) is 47.5 Å². The summed E-state index contributed by atoms with van der Waals surface area (Å²) in [5.41, 5.74) is 8.35. The van der Waals surface area contributed by atoms with E-state index in [-0.39, 0.29) is 24.4 Å². The monoisotopic (exact) mass is 759 g/mol. The van der Waals surface area contributed by atoms with E-state index in [2.05, 4.69) is 32.0 Å². The molecule has 0 aliphatic carbocycles. The van der Waals surface area contributed by atoms with Crippen molar-refractivity contribution in [2.45, 2.75) is 45.1 Å². The molecule has 0 radical (unpaired) electrons. The number of aliphatic imine (C=N–C) groups is 1. The number of allylic oxidation sites excluding steroid dienone is 1. The van der Waals surface area contributed by atoms with Crippen molar-refractivity contribution in [3.8, 4) is 0 Å². The average Bonchev–Trinajstić information content (AvgIpc) is 3.15. The molecule has 0 spiro atoms. The van der Waals surface area contributed by atoms with Crippen LogP contribution in [0.2, 0.25) is 0 Å². The number of ether oxygens (including phenoxy) is 1. The normalized spacial score (nSPS) is 19.9. The number of halogens is 3. The number of alkyl halides is 3. The zero-order valence-corrected chi connectivity index (χ0v) is 31.1. The maximum absolute atomic E-state index is 13.1. The molecule has 14 heteroatoms. The highest BCUT2D eigenvalue weighted by atomic mass is 19.4. The van der Waals surface area contributed by atoms with Gasteiger partial charge in [-0.3, -0.25) is 29.1 Å². The van der Waals surface area contributed by atoms with Crippen molar-refractivity contribution in [2.24, 2.45) is 10.7 Å². The molecule has 3 heterocycles. The SMILES string of the molecule is C=C(CN1CCN(C2COC2)CC1)C(=O)NCc1ccccc1.CCN1C(=O)C(NC(=O)c2cccc(C(F)(F)F)c2)C/C(=C(\C)N)C1=Nc1ccccc1. The van der Waals surface area contributed by atoms with Gasteiger partial charge in [0.2, 0.25) is 5.91 Å². The number of nitrogens with zero attached hydrogens (tertiary/aromatic N) is 4. The largest absolute Gasteiger partial charge is 0.416 e. The Hall–Kier alpha value is -5.31. The molecule has 3 aromatic rings. The molecule has 0 bridgehead atoms. The summed E-state index contributed by atoms with van der Waals surface area (Å²) >= 11 is 0. The zero-order chi connectivity index (χ0) is 39.5. The molecule has 3 saturated heterocycles. The first-order valence-electron chi connectivity index (χ1n) is 18.3. The number of carbonyl (C=O) groups is 3. The maximum Gasteiger partial charge on any atom is 0.416 e. The standard InChI is InChI=1S/C23H23F3N4O2.C18H25N3O2/c1-3-30-20(28-17-10-5-4-6-11-17)18(14(2)27)13-19(22(30)32)29-21(31)15-8-7-9-16(12-15)23(24,25)26;1-15(18(22)19-11-16-5-3-2-4-6-16)12-20-7-9-21(10-8-20)17-13-23-14-17/h4-12,19H,3,13,27H2,1-2H3,(H,29,31);2-6,17H,1,7-14H2,(H,19,22)/b18-14-,28-20?;. The van der Waals surface area contributed by atoms with Gasteiger partial charge < -0.3 is 21.1 Å². The van der Waals surface area contributed by atoms with E-state index in [1.54, 1.807) is 26.0 Å². The molecular weight excluding hydrogens is 711 g/mol. The zero-order valence-electron chi connectivity index (χ0n) is 31.1. The number of hydrogen-bond donors (Lipinski definition) is 3. The summed E-state index contributed by atoms with van der Waals surface area (Å²) in [4.78, 5) is 48.7. The second-order valence-corrected chi connectivity index (χ2v) is 13.6. The quantitative estimate of drug-likeness (QED) is 0.251. The number of piperazine rings is 1. The summed E-state index contributed by atoms with van der Waals surface area (Å²) in [6, 6.07) is 22.7. The van der Waals surface area contributed by atoms with Gasteiger partial charge in [0.15, 0.2) is 0 Å². The fraction of sp³-hybridized carbons (Fsp3) is 0.366. The smallest absolute Gasteiger partial charge is 0.402 e. The molecule has 0 saturated carbocycles. The first-order chi connectivity index (χ1) is 26.3. The third-order valence-electron chi connectivity index (χ3n) is 9.61. The fourth-order valence-corrected chi connectivity index (χ4v) is 6.39. The average molecular weight is 760 g/mol. The number of nitrogens with one attached hydrogen (secondary N) is 2. The number of amidine groups is 1. The molecule has 292 valence electrons. The molecule has 3 amide bonds. The first-order valence-corrected chi connectivity index (χ1v) is 18.3. The van der Waals surface area contributed by atoms with Crippen LogP contribution in [0.1, 0.15) is 41.8 Å². The van der Waals surface area contributed by atoms with Crippen molar-refractivity contribution >= 4 is 29.2 Å². The van der Waals surface area contributed by atoms with Gasteiger partial charge in [0, 0.05) is 74.6 Å². The lowest BCUT2D eigenvalue weighted by Gasteiger charge is -2.42. The van der Waals surface area contributed by atoms with Gasteiger partial charge in [-0.05, 0) is 49.7 Å². The molecule has 55 heavy (non-hydrogen) atoms. The van der Waals surface area contributed by atoms with Crippen LogP contribution in [0.4, 0.5) is 18.9 Å². The highest BCUT2D eigenvalue weighted by molar-refractivity contribution is 6.14. The van der Waals surface area contributed by atoms with Gasteiger partial charge in [0.25, 0.3) is 11.8 Å². The minimum atomic E-state index is -4.58. The Morgan fingerprint density at radius 1 is 0.964 bits per heavy atom. The molecule has 3 aromatic carbocycles. The number of hydrogen-bond acceptors (Lipinski definition) is 8. The molecule has 4 N–H and O–H groups in total. The van der Waals surface area contributed by atoms with Crippen molar-refractivity contribution in [2.75, 3.05) is 52.5 Å². The number of nitrogens with two attached hydrogens (primary N) is 1. The molecule has 1 unspecified atom stereocenters. The maximum atomic E-state index is 13.1. The molecule has 3 fully saturated rings. The summed E-state index contributed by atoms with van der Waals surface area (Å²) in [5, 5.41) is 5.50. The molecule has 3 aliphatic heterocycles. The molecule has 3 aliphatic rings. The lowest BCUT2D eigenvalue weighted by atomic mass is 9.95. The Balaban J connectivity index is 0.000000222. The van der Waals surface area contributed by atoms with Crippen LogP contribution >= 0.6 is 0 Å². The van der Waals surface area contributed by atoms with Crippen LogP contribution < -0.4 is 16.4 Å². The van der Waals surface area contributed by atoms with E-state index >= 15 is 0 Å². The number of carbonyl (C=O) groups excluding carboxylic acids is 3. The Morgan fingerprint density at radius 3 is 2.20 bits per heavy atom. The number of piperidine rings is 1. The highest BCUT2D eigenvalue weighted by Crippen LogP contribution is 2.30. The number of amides is 3. The van der Waals surface area contributed by atoms with Crippen molar-refractivity contribution in [1.82, 2.24) is 25.3 Å². The van der Waals surface area contributed by atoms with Gasteiger partial charge >= 0.3 is 6.18 Å². The van der Waals surface area contributed by atoms with E-state index in [0.717, 1.165) is 63.2 Å². The fourth-order valence-electron chi connectivity index (χ4n) is 6.39. The molecular formula is C41H48F3N7O4. The lowest BCUT2D eigenvalue weighted by molar-refractivity contribution is -0.137.